The lowest BCUT2D eigenvalue weighted by Gasteiger charge is -2.12. The predicted molar refractivity (Wildman–Crippen MR) is 199 cm³/mol. The molecule has 48 heavy (non-hydrogen) atoms. The maximum absolute atomic E-state index is 6.64. The van der Waals surface area contributed by atoms with Gasteiger partial charge in [-0.1, -0.05) is 63.1 Å². The number of ether oxygens (including phenoxy) is 1. The lowest BCUT2D eigenvalue weighted by molar-refractivity contribution is 0.482. The van der Waals surface area contributed by atoms with Gasteiger partial charge in [-0.05, 0) is 117 Å². The molecule has 7 rings (SSSR count). The van der Waals surface area contributed by atoms with Crippen molar-refractivity contribution in [2.24, 2.45) is 5.92 Å². The van der Waals surface area contributed by atoms with Crippen LogP contribution in [-0.4, -0.2) is 19.3 Å². The summed E-state index contributed by atoms with van der Waals surface area (Å²) in [5.41, 5.74) is 11.3. The lowest BCUT2D eigenvalue weighted by Crippen LogP contribution is -2.00. The van der Waals surface area contributed by atoms with E-state index in [1.54, 1.807) is 0 Å². The van der Waals surface area contributed by atoms with Crippen LogP contribution in [-0.2, 0) is 6.42 Å². The van der Waals surface area contributed by atoms with E-state index >= 15 is 0 Å². The van der Waals surface area contributed by atoms with Crippen LogP contribution in [0.25, 0.3) is 44.4 Å². The summed E-state index contributed by atoms with van der Waals surface area (Å²) in [6.45, 7) is 13.0. The third-order valence-electron chi connectivity index (χ3n) is 9.30. The number of hydrogen-bond donors (Lipinski definition) is 0. The van der Waals surface area contributed by atoms with Crippen molar-refractivity contribution in [3.63, 3.8) is 0 Å². The summed E-state index contributed by atoms with van der Waals surface area (Å²) < 4.78 is 10.9. The molecule has 0 bridgehead atoms. The second kappa shape index (κ2) is 13.2. The molecule has 0 saturated heterocycles. The average Bonchev–Trinajstić information content (AvgIpc) is 3.55. The molecule has 7 aromatic rings. The molecule has 0 aliphatic heterocycles. The Kier molecular flexibility index (Phi) is 8.62. The number of benzene rings is 4. The van der Waals surface area contributed by atoms with Crippen LogP contribution in [0, 0.1) is 33.6 Å². The summed E-state index contributed by atoms with van der Waals surface area (Å²) in [5, 5.41) is 7.40. The van der Waals surface area contributed by atoms with Crippen molar-refractivity contribution >= 4 is 21.8 Å². The summed E-state index contributed by atoms with van der Waals surface area (Å²) in [6.07, 6.45) is 6.74. The van der Waals surface area contributed by atoms with E-state index < -0.39 is 0 Å². The molecular weight excluding hydrogens is 589 g/mol. The van der Waals surface area contributed by atoms with E-state index in [1.807, 2.05) is 23.0 Å². The highest BCUT2D eigenvalue weighted by Crippen LogP contribution is 2.37. The molecule has 4 aromatic carbocycles. The lowest BCUT2D eigenvalue weighted by atomic mass is 10.0. The standard InChI is InChI=1S/C43H44N4O/c1-28(2)12-10-11-13-33-16-19-40-39(25-33)38-18-17-36(27-41(38)46(40)42-24-29(3)20-21-44-42)48-37-23-30(4)22-35(26-37)47-32(6)43(31(5)45-47)34-14-8-7-9-15-34/h7-9,14-28H,10-13H2,1-6H3. The van der Waals surface area contributed by atoms with E-state index in [9.17, 15) is 0 Å². The van der Waals surface area contributed by atoms with E-state index in [1.165, 1.54) is 52.3 Å². The highest BCUT2D eigenvalue weighted by atomic mass is 16.5. The second-order valence-electron chi connectivity index (χ2n) is 13.6. The summed E-state index contributed by atoms with van der Waals surface area (Å²) in [6, 6.07) is 34.4. The molecule has 0 aliphatic rings. The minimum absolute atomic E-state index is 0.751. The number of hydrogen-bond acceptors (Lipinski definition) is 3. The Hall–Kier alpha value is -5.16. The maximum Gasteiger partial charge on any atom is 0.137 e. The first-order chi connectivity index (χ1) is 23.2. The molecule has 0 amide bonds. The van der Waals surface area contributed by atoms with E-state index in [-0.39, 0.29) is 0 Å². The first-order valence-electron chi connectivity index (χ1n) is 17.2. The number of pyridine rings is 1. The van der Waals surface area contributed by atoms with Crippen molar-refractivity contribution < 1.29 is 4.74 Å². The van der Waals surface area contributed by atoms with Crippen LogP contribution in [0.4, 0.5) is 0 Å². The van der Waals surface area contributed by atoms with Crippen LogP contribution in [0.5, 0.6) is 11.5 Å². The van der Waals surface area contributed by atoms with E-state index in [0.717, 1.165) is 63.3 Å². The van der Waals surface area contributed by atoms with Gasteiger partial charge < -0.3 is 4.74 Å². The van der Waals surface area contributed by atoms with Crippen molar-refractivity contribution in [3.8, 4) is 34.1 Å². The first kappa shape index (κ1) is 31.4. The topological polar surface area (TPSA) is 44.9 Å². The Morgan fingerprint density at radius 2 is 1.54 bits per heavy atom. The van der Waals surface area contributed by atoms with Crippen LogP contribution in [0.1, 0.15) is 61.2 Å². The van der Waals surface area contributed by atoms with Gasteiger partial charge in [0.05, 0.1) is 22.4 Å². The molecule has 0 saturated carbocycles. The number of unbranched alkanes of at least 4 members (excludes halogenated alkanes) is 1. The molecule has 0 atom stereocenters. The van der Waals surface area contributed by atoms with Crippen LogP contribution in [0.3, 0.4) is 0 Å². The summed E-state index contributed by atoms with van der Waals surface area (Å²) in [5.74, 6) is 3.22. The Morgan fingerprint density at radius 3 is 2.33 bits per heavy atom. The molecule has 3 aromatic heterocycles. The minimum atomic E-state index is 0.751. The van der Waals surface area contributed by atoms with Crippen molar-refractivity contribution in [1.82, 2.24) is 19.3 Å². The number of fused-ring (bicyclic) bond motifs is 3. The molecule has 0 fully saturated rings. The zero-order valence-electron chi connectivity index (χ0n) is 28.9. The Morgan fingerprint density at radius 1 is 0.708 bits per heavy atom. The Labute approximate surface area is 283 Å². The third-order valence-corrected chi connectivity index (χ3v) is 9.30. The predicted octanol–water partition coefficient (Wildman–Crippen LogP) is 11.4. The van der Waals surface area contributed by atoms with Crippen molar-refractivity contribution in [2.75, 3.05) is 0 Å². The summed E-state index contributed by atoms with van der Waals surface area (Å²) >= 11 is 0. The highest BCUT2D eigenvalue weighted by Gasteiger charge is 2.17. The van der Waals surface area contributed by atoms with Crippen LogP contribution < -0.4 is 4.74 Å². The van der Waals surface area contributed by atoms with Gasteiger partial charge in [0.15, 0.2) is 0 Å². The van der Waals surface area contributed by atoms with Gasteiger partial charge in [0, 0.05) is 40.4 Å². The summed E-state index contributed by atoms with van der Waals surface area (Å²) in [4.78, 5) is 4.80. The molecule has 5 heteroatoms. The largest absolute Gasteiger partial charge is 0.457 e. The quantitative estimate of drug-likeness (QED) is 0.141. The molecule has 3 heterocycles. The van der Waals surface area contributed by atoms with Crippen molar-refractivity contribution in [1.29, 1.82) is 0 Å². The van der Waals surface area contributed by atoms with Gasteiger partial charge in [-0.15, -0.1) is 0 Å². The Balaban J connectivity index is 1.27. The van der Waals surface area contributed by atoms with Crippen LogP contribution in [0.15, 0.2) is 103 Å². The second-order valence-corrected chi connectivity index (χ2v) is 13.6. The first-order valence-corrected chi connectivity index (χ1v) is 17.2. The number of nitrogens with zero attached hydrogens (tertiary/aromatic N) is 4. The highest BCUT2D eigenvalue weighted by molar-refractivity contribution is 6.09. The average molecular weight is 633 g/mol. The van der Waals surface area contributed by atoms with Crippen molar-refractivity contribution in [3.05, 3.63) is 131 Å². The van der Waals surface area contributed by atoms with Crippen LogP contribution in [0.2, 0.25) is 0 Å². The third kappa shape index (κ3) is 6.25. The summed E-state index contributed by atoms with van der Waals surface area (Å²) in [7, 11) is 0. The van der Waals surface area contributed by atoms with Gasteiger partial charge in [0.25, 0.3) is 0 Å². The molecule has 0 unspecified atom stereocenters. The van der Waals surface area contributed by atoms with Crippen molar-refractivity contribution in [2.45, 2.75) is 67.2 Å². The molecular formula is C43H44N4O. The van der Waals surface area contributed by atoms with E-state index in [0.29, 0.717) is 0 Å². The fourth-order valence-corrected chi connectivity index (χ4v) is 7.00. The van der Waals surface area contributed by atoms with E-state index in [2.05, 4.69) is 131 Å². The number of aryl methyl sites for hydroxylation is 4. The normalized spacial score (nSPS) is 11.6. The fraction of sp³-hybridized carbons (Fsp3) is 0.256. The molecule has 0 spiro atoms. The zero-order valence-corrected chi connectivity index (χ0v) is 28.9. The molecule has 5 nitrogen and oxygen atoms in total. The number of aromatic nitrogens is 4. The molecule has 0 aliphatic carbocycles. The van der Waals surface area contributed by atoms with E-state index in [4.69, 9.17) is 14.8 Å². The number of rotatable bonds is 10. The van der Waals surface area contributed by atoms with Gasteiger partial charge in [-0.3, -0.25) is 4.57 Å². The smallest absolute Gasteiger partial charge is 0.137 e. The SMILES string of the molecule is Cc1cc(Oc2ccc3c4cc(CCCCC(C)C)ccc4n(-c4cc(C)ccn4)c3c2)cc(-n2nc(C)c(-c3ccccc3)c2C)c1. The van der Waals surface area contributed by atoms with Crippen LogP contribution >= 0.6 is 0 Å². The van der Waals surface area contributed by atoms with Gasteiger partial charge in [-0.25, -0.2) is 9.67 Å². The molecule has 0 N–H and O–H groups in total. The maximum atomic E-state index is 6.64. The fourth-order valence-electron chi connectivity index (χ4n) is 7.00. The van der Waals surface area contributed by atoms with Gasteiger partial charge >= 0.3 is 0 Å². The zero-order chi connectivity index (χ0) is 33.4. The molecule has 242 valence electrons. The molecule has 0 radical (unpaired) electrons. The van der Waals surface area contributed by atoms with Gasteiger partial charge in [-0.2, -0.15) is 5.10 Å². The monoisotopic (exact) mass is 632 g/mol. The van der Waals surface area contributed by atoms with Gasteiger partial charge in [0.2, 0.25) is 0 Å². The van der Waals surface area contributed by atoms with Gasteiger partial charge in [0.1, 0.15) is 17.3 Å². The Bertz CT molecular complexity index is 2240. The minimum Gasteiger partial charge on any atom is -0.457 e.